The maximum atomic E-state index is 12.5. The van der Waals surface area contributed by atoms with Crippen LogP contribution in [0.5, 0.6) is 11.5 Å². The second-order valence-electron chi connectivity index (χ2n) is 7.22. The molecule has 2 aliphatic rings. The minimum absolute atomic E-state index is 0.0101. The zero-order chi connectivity index (χ0) is 19.3. The van der Waals surface area contributed by atoms with Crippen LogP contribution in [0.3, 0.4) is 0 Å². The van der Waals surface area contributed by atoms with Crippen LogP contribution in [0.2, 0.25) is 5.02 Å². The minimum atomic E-state index is 0.0101. The lowest BCUT2D eigenvalue weighted by Gasteiger charge is -2.32. The van der Waals surface area contributed by atoms with Gasteiger partial charge in [-0.3, -0.25) is 14.7 Å². The summed E-state index contributed by atoms with van der Waals surface area (Å²) >= 11 is 6.26. The van der Waals surface area contributed by atoms with Gasteiger partial charge < -0.3 is 14.8 Å². The van der Waals surface area contributed by atoms with Gasteiger partial charge in [0.05, 0.1) is 17.1 Å². The first-order chi connectivity index (χ1) is 13.7. The summed E-state index contributed by atoms with van der Waals surface area (Å²) in [5, 5.41) is 3.64. The van der Waals surface area contributed by atoms with Crippen molar-refractivity contribution >= 4 is 17.5 Å². The number of nitrogens with zero attached hydrogens (tertiary/aromatic N) is 2. The molecule has 0 unspecified atom stereocenters. The van der Waals surface area contributed by atoms with E-state index in [9.17, 15) is 4.79 Å². The normalized spacial score (nSPS) is 17.3. The Bertz CT molecular complexity index is 823. The molecule has 1 N–H and O–H groups in total. The number of hydrogen-bond acceptors (Lipinski definition) is 5. The molecule has 1 aromatic carbocycles. The summed E-state index contributed by atoms with van der Waals surface area (Å²) in [7, 11) is 0. The zero-order valence-corrected chi connectivity index (χ0v) is 16.5. The number of likely N-dealkylation sites (tertiary alicyclic amines) is 1. The Morgan fingerprint density at radius 3 is 2.82 bits per heavy atom. The number of piperidine rings is 1. The standard InChI is InChI=1S/C21H24ClN3O3/c22-18-11-15(12-19-21(18)28-10-9-27-19)13-20(26)24-16-4-7-25(8-5-16)14-17-3-1-2-6-23-17/h1-3,6,11-12,16H,4-5,7-10,13-14H2,(H,24,26). The molecular formula is C21H24ClN3O3. The topological polar surface area (TPSA) is 63.7 Å². The maximum absolute atomic E-state index is 12.5. The number of carbonyl (C=O) groups is 1. The van der Waals surface area contributed by atoms with Gasteiger partial charge in [-0.15, -0.1) is 0 Å². The largest absolute Gasteiger partial charge is 0.486 e. The lowest BCUT2D eigenvalue weighted by atomic mass is 10.0. The second kappa shape index (κ2) is 8.80. The molecule has 2 aliphatic heterocycles. The molecule has 0 radical (unpaired) electrons. The SMILES string of the molecule is O=C(Cc1cc(Cl)c2c(c1)OCCO2)NC1CCN(Cc2ccccn2)CC1. The van der Waals surface area contributed by atoms with E-state index in [0.29, 0.717) is 29.7 Å². The van der Waals surface area contributed by atoms with Crippen LogP contribution in [0.25, 0.3) is 0 Å². The molecule has 0 spiro atoms. The third-order valence-corrected chi connectivity index (χ3v) is 5.37. The quantitative estimate of drug-likeness (QED) is 0.834. The van der Waals surface area contributed by atoms with Gasteiger partial charge in [-0.2, -0.15) is 0 Å². The molecule has 3 heterocycles. The predicted octanol–water partition coefficient (Wildman–Crippen LogP) is 2.83. The van der Waals surface area contributed by atoms with Crippen molar-refractivity contribution in [3.05, 3.63) is 52.8 Å². The van der Waals surface area contributed by atoms with Crippen LogP contribution >= 0.6 is 11.6 Å². The van der Waals surface area contributed by atoms with Crippen molar-refractivity contribution in [2.45, 2.75) is 31.8 Å². The average molecular weight is 402 g/mol. The smallest absolute Gasteiger partial charge is 0.224 e. The molecule has 0 atom stereocenters. The third-order valence-electron chi connectivity index (χ3n) is 5.09. The fraction of sp³-hybridized carbons (Fsp3) is 0.429. The molecule has 28 heavy (non-hydrogen) atoms. The van der Waals surface area contributed by atoms with Crippen LogP contribution in [0.15, 0.2) is 36.5 Å². The van der Waals surface area contributed by atoms with E-state index in [4.69, 9.17) is 21.1 Å². The Balaban J connectivity index is 1.26. The molecule has 7 heteroatoms. The molecule has 1 fully saturated rings. The number of carbonyl (C=O) groups excluding carboxylic acids is 1. The number of halogens is 1. The van der Waals surface area contributed by atoms with E-state index in [1.54, 1.807) is 6.07 Å². The highest BCUT2D eigenvalue weighted by Gasteiger charge is 2.22. The van der Waals surface area contributed by atoms with E-state index < -0.39 is 0 Å². The van der Waals surface area contributed by atoms with Gasteiger partial charge >= 0.3 is 0 Å². The summed E-state index contributed by atoms with van der Waals surface area (Å²) in [5.74, 6) is 1.19. The number of hydrogen-bond donors (Lipinski definition) is 1. The molecule has 0 aliphatic carbocycles. The molecule has 1 saturated heterocycles. The molecule has 1 amide bonds. The fourth-order valence-electron chi connectivity index (χ4n) is 3.69. The van der Waals surface area contributed by atoms with Crippen LogP contribution in [0.1, 0.15) is 24.1 Å². The molecular weight excluding hydrogens is 378 g/mol. The average Bonchev–Trinajstić information content (AvgIpc) is 2.70. The lowest BCUT2D eigenvalue weighted by molar-refractivity contribution is -0.121. The van der Waals surface area contributed by atoms with Gasteiger partial charge in [0.1, 0.15) is 13.2 Å². The van der Waals surface area contributed by atoms with Crippen molar-refractivity contribution in [1.82, 2.24) is 15.2 Å². The number of aromatic nitrogens is 1. The first-order valence-electron chi connectivity index (χ1n) is 9.67. The van der Waals surface area contributed by atoms with Crippen molar-refractivity contribution in [1.29, 1.82) is 0 Å². The Hall–Kier alpha value is -2.31. The van der Waals surface area contributed by atoms with E-state index in [2.05, 4.69) is 15.2 Å². The molecule has 2 aromatic rings. The fourth-order valence-corrected chi connectivity index (χ4v) is 3.97. The number of nitrogens with one attached hydrogen (secondary N) is 1. The molecule has 0 bridgehead atoms. The highest BCUT2D eigenvalue weighted by molar-refractivity contribution is 6.32. The van der Waals surface area contributed by atoms with Gasteiger partial charge in [-0.25, -0.2) is 0 Å². The van der Waals surface area contributed by atoms with Gasteiger partial charge in [0.15, 0.2) is 11.5 Å². The number of pyridine rings is 1. The van der Waals surface area contributed by atoms with Gasteiger partial charge in [0.2, 0.25) is 5.91 Å². The monoisotopic (exact) mass is 401 g/mol. The van der Waals surface area contributed by atoms with Crippen molar-refractivity contribution in [3.63, 3.8) is 0 Å². The highest BCUT2D eigenvalue weighted by atomic mass is 35.5. The summed E-state index contributed by atoms with van der Waals surface area (Å²) in [4.78, 5) is 19.2. The number of amides is 1. The predicted molar refractivity (Wildman–Crippen MR) is 107 cm³/mol. The number of fused-ring (bicyclic) bond motifs is 1. The molecule has 6 nitrogen and oxygen atoms in total. The molecule has 4 rings (SSSR count). The van der Waals surface area contributed by atoms with Crippen molar-refractivity contribution in [2.24, 2.45) is 0 Å². The van der Waals surface area contributed by atoms with Gasteiger partial charge in [0, 0.05) is 31.9 Å². The lowest BCUT2D eigenvalue weighted by Crippen LogP contribution is -2.44. The van der Waals surface area contributed by atoms with Gasteiger partial charge in [-0.1, -0.05) is 17.7 Å². The molecule has 1 aromatic heterocycles. The second-order valence-corrected chi connectivity index (χ2v) is 7.62. The highest BCUT2D eigenvalue weighted by Crippen LogP contribution is 2.38. The van der Waals surface area contributed by atoms with Gasteiger partial charge in [-0.05, 0) is 42.7 Å². The van der Waals surface area contributed by atoms with Crippen LogP contribution in [-0.4, -0.2) is 48.1 Å². The van der Waals surface area contributed by atoms with Crippen LogP contribution < -0.4 is 14.8 Å². The Labute approximate surface area is 169 Å². The summed E-state index contributed by atoms with van der Waals surface area (Å²) in [5.41, 5.74) is 1.92. The maximum Gasteiger partial charge on any atom is 0.224 e. The Morgan fingerprint density at radius 2 is 2.04 bits per heavy atom. The van der Waals surface area contributed by atoms with E-state index in [1.807, 2.05) is 30.5 Å². The number of benzene rings is 1. The molecule has 148 valence electrons. The van der Waals surface area contributed by atoms with Crippen LogP contribution in [0, 0.1) is 0 Å². The van der Waals surface area contributed by atoms with E-state index in [0.717, 1.165) is 43.7 Å². The van der Waals surface area contributed by atoms with Crippen molar-refractivity contribution in [3.8, 4) is 11.5 Å². The molecule has 0 saturated carbocycles. The van der Waals surface area contributed by atoms with Crippen molar-refractivity contribution in [2.75, 3.05) is 26.3 Å². The van der Waals surface area contributed by atoms with E-state index in [1.165, 1.54) is 0 Å². The van der Waals surface area contributed by atoms with Crippen LogP contribution in [0.4, 0.5) is 0 Å². The van der Waals surface area contributed by atoms with E-state index >= 15 is 0 Å². The first-order valence-corrected chi connectivity index (χ1v) is 10.0. The third kappa shape index (κ3) is 4.75. The zero-order valence-electron chi connectivity index (χ0n) is 15.7. The van der Waals surface area contributed by atoms with Crippen LogP contribution in [-0.2, 0) is 17.8 Å². The Morgan fingerprint density at radius 1 is 1.21 bits per heavy atom. The van der Waals surface area contributed by atoms with Crippen molar-refractivity contribution < 1.29 is 14.3 Å². The Kier molecular flexibility index (Phi) is 5.98. The number of ether oxygens (including phenoxy) is 2. The number of rotatable bonds is 5. The van der Waals surface area contributed by atoms with Gasteiger partial charge in [0.25, 0.3) is 0 Å². The minimum Gasteiger partial charge on any atom is -0.486 e. The summed E-state index contributed by atoms with van der Waals surface area (Å²) in [6.07, 6.45) is 4.00. The summed E-state index contributed by atoms with van der Waals surface area (Å²) in [6, 6.07) is 9.83. The summed E-state index contributed by atoms with van der Waals surface area (Å²) < 4.78 is 11.1. The van der Waals surface area contributed by atoms with E-state index in [-0.39, 0.29) is 18.4 Å². The first kappa shape index (κ1) is 19.0. The summed E-state index contributed by atoms with van der Waals surface area (Å²) in [6.45, 7) is 3.76.